The van der Waals surface area contributed by atoms with Gasteiger partial charge in [0.15, 0.2) is 12.3 Å². The SMILES string of the molecule is CCCn1nc(C(=O)OCC(=O)Nc2cc3oc4ccccc4c3cc2OC)ccc1=O. The fourth-order valence-electron chi connectivity index (χ4n) is 3.34. The number of anilines is 1. The molecule has 0 aliphatic carbocycles. The molecule has 0 unspecified atom stereocenters. The molecule has 164 valence electrons. The summed E-state index contributed by atoms with van der Waals surface area (Å²) in [6, 6.07) is 13.5. The van der Waals surface area contributed by atoms with Crippen LogP contribution in [0.4, 0.5) is 5.69 Å². The normalized spacial score (nSPS) is 10.9. The fraction of sp³-hybridized carbons (Fsp3) is 0.217. The fourth-order valence-corrected chi connectivity index (χ4v) is 3.34. The van der Waals surface area contributed by atoms with Crippen LogP contribution in [-0.4, -0.2) is 35.4 Å². The third-order valence-electron chi connectivity index (χ3n) is 4.82. The third kappa shape index (κ3) is 4.18. The van der Waals surface area contributed by atoms with E-state index in [4.69, 9.17) is 13.9 Å². The van der Waals surface area contributed by atoms with Crippen LogP contribution in [0.15, 0.2) is 57.7 Å². The highest BCUT2D eigenvalue weighted by Gasteiger charge is 2.17. The highest BCUT2D eigenvalue weighted by molar-refractivity contribution is 6.08. The van der Waals surface area contributed by atoms with E-state index in [1.54, 1.807) is 12.1 Å². The van der Waals surface area contributed by atoms with E-state index in [0.29, 0.717) is 30.0 Å². The Morgan fingerprint density at radius 2 is 1.91 bits per heavy atom. The molecule has 0 saturated heterocycles. The van der Waals surface area contributed by atoms with E-state index in [1.807, 2.05) is 31.2 Å². The lowest BCUT2D eigenvalue weighted by molar-refractivity contribution is -0.119. The van der Waals surface area contributed by atoms with Crippen molar-refractivity contribution in [2.24, 2.45) is 0 Å². The van der Waals surface area contributed by atoms with E-state index in [0.717, 1.165) is 16.4 Å². The second-order valence-electron chi connectivity index (χ2n) is 7.05. The molecule has 4 aromatic rings. The van der Waals surface area contributed by atoms with E-state index in [1.165, 1.54) is 23.9 Å². The molecule has 1 amide bonds. The number of aryl methyl sites for hydroxylation is 1. The smallest absolute Gasteiger partial charge is 0.359 e. The largest absolute Gasteiger partial charge is 0.495 e. The molecule has 2 heterocycles. The number of hydrogen-bond acceptors (Lipinski definition) is 7. The molecular weight excluding hydrogens is 414 g/mol. The molecule has 9 heteroatoms. The van der Waals surface area contributed by atoms with Gasteiger partial charge < -0.3 is 19.2 Å². The van der Waals surface area contributed by atoms with Crippen molar-refractivity contribution in [2.45, 2.75) is 19.9 Å². The Bertz CT molecular complexity index is 1370. The molecule has 0 bridgehead atoms. The number of fused-ring (bicyclic) bond motifs is 3. The predicted molar refractivity (Wildman–Crippen MR) is 118 cm³/mol. The van der Waals surface area contributed by atoms with E-state index in [-0.39, 0.29) is 11.3 Å². The number of furan rings is 1. The van der Waals surface area contributed by atoms with Crippen LogP contribution in [0, 0.1) is 0 Å². The van der Waals surface area contributed by atoms with E-state index >= 15 is 0 Å². The van der Waals surface area contributed by atoms with Crippen LogP contribution in [0.1, 0.15) is 23.8 Å². The number of nitrogens with one attached hydrogen (secondary N) is 1. The summed E-state index contributed by atoms with van der Waals surface area (Å²) in [5.74, 6) is -0.921. The molecule has 32 heavy (non-hydrogen) atoms. The number of rotatable bonds is 7. The first-order valence-electron chi connectivity index (χ1n) is 10.0. The summed E-state index contributed by atoms with van der Waals surface area (Å²) in [7, 11) is 1.50. The van der Waals surface area contributed by atoms with Crippen LogP contribution in [0.5, 0.6) is 5.75 Å². The quantitative estimate of drug-likeness (QED) is 0.443. The van der Waals surface area contributed by atoms with Crippen molar-refractivity contribution in [1.82, 2.24) is 9.78 Å². The van der Waals surface area contributed by atoms with Crippen molar-refractivity contribution >= 4 is 39.5 Å². The standard InChI is InChI=1S/C23H21N3O6/c1-3-10-26-22(28)9-8-16(25-26)23(29)31-13-21(27)24-17-12-19-15(11-20(17)30-2)14-6-4-5-7-18(14)32-19/h4-9,11-12H,3,10,13H2,1-2H3,(H,24,27). The summed E-state index contributed by atoms with van der Waals surface area (Å²) in [4.78, 5) is 36.4. The topological polar surface area (TPSA) is 113 Å². The number of nitrogens with zero attached hydrogens (tertiary/aromatic N) is 2. The zero-order valence-corrected chi connectivity index (χ0v) is 17.6. The zero-order valence-electron chi connectivity index (χ0n) is 17.6. The minimum atomic E-state index is -0.801. The van der Waals surface area contributed by atoms with Crippen molar-refractivity contribution in [3.63, 3.8) is 0 Å². The summed E-state index contributed by atoms with van der Waals surface area (Å²) < 4.78 is 17.5. The molecule has 0 aliphatic rings. The molecule has 2 aromatic carbocycles. The van der Waals surface area contributed by atoms with Gasteiger partial charge in [0.2, 0.25) is 0 Å². The van der Waals surface area contributed by atoms with E-state index < -0.39 is 18.5 Å². The summed E-state index contributed by atoms with van der Waals surface area (Å²) in [5, 5.41) is 8.43. The lowest BCUT2D eigenvalue weighted by atomic mass is 10.1. The molecule has 1 N–H and O–H groups in total. The summed E-state index contributed by atoms with van der Waals surface area (Å²) in [5.41, 5.74) is 1.33. The van der Waals surface area contributed by atoms with E-state index in [2.05, 4.69) is 10.4 Å². The van der Waals surface area contributed by atoms with Crippen LogP contribution < -0.4 is 15.6 Å². The lowest BCUT2D eigenvalue weighted by Gasteiger charge is -2.11. The highest BCUT2D eigenvalue weighted by Crippen LogP contribution is 2.36. The molecule has 4 rings (SSSR count). The number of para-hydroxylation sites is 1. The lowest BCUT2D eigenvalue weighted by Crippen LogP contribution is -2.26. The Balaban J connectivity index is 1.48. The second kappa shape index (κ2) is 8.93. The Morgan fingerprint density at radius 1 is 1.09 bits per heavy atom. The van der Waals surface area contributed by atoms with Crippen molar-refractivity contribution < 1.29 is 23.5 Å². The summed E-state index contributed by atoms with van der Waals surface area (Å²) in [6.07, 6.45) is 0.686. The van der Waals surface area contributed by atoms with Crippen molar-refractivity contribution in [1.29, 1.82) is 0 Å². The minimum Gasteiger partial charge on any atom is -0.495 e. The molecule has 0 fully saturated rings. The number of aromatic nitrogens is 2. The Kier molecular flexibility index (Phi) is 5.89. The summed E-state index contributed by atoms with van der Waals surface area (Å²) >= 11 is 0. The van der Waals surface area contributed by atoms with Crippen molar-refractivity contribution in [2.75, 3.05) is 19.0 Å². The number of hydrogen-bond donors (Lipinski definition) is 1. The number of methoxy groups -OCH3 is 1. The number of esters is 1. The Morgan fingerprint density at radius 3 is 2.69 bits per heavy atom. The Labute approximate surface area is 182 Å². The van der Waals surface area contributed by atoms with Crippen molar-refractivity contribution in [3.05, 3.63) is 64.6 Å². The van der Waals surface area contributed by atoms with Gasteiger partial charge in [-0.3, -0.25) is 9.59 Å². The highest BCUT2D eigenvalue weighted by atomic mass is 16.5. The van der Waals surface area contributed by atoms with E-state index in [9.17, 15) is 14.4 Å². The van der Waals surface area contributed by atoms with Gasteiger partial charge in [0.05, 0.1) is 12.8 Å². The van der Waals surface area contributed by atoms with Gasteiger partial charge in [0, 0.05) is 29.4 Å². The molecule has 0 saturated carbocycles. The maximum absolute atomic E-state index is 12.4. The van der Waals surface area contributed by atoms with Gasteiger partial charge in [0.1, 0.15) is 16.9 Å². The van der Waals surface area contributed by atoms with Crippen LogP contribution >= 0.6 is 0 Å². The second-order valence-corrected chi connectivity index (χ2v) is 7.05. The first kappa shape index (κ1) is 21.1. The van der Waals surface area contributed by atoms with Crippen LogP contribution in [0.3, 0.4) is 0 Å². The average Bonchev–Trinajstić information content (AvgIpc) is 3.15. The van der Waals surface area contributed by atoms with Crippen molar-refractivity contribution in [3.8, 4) is 5.75 Å². The Hall–Kier alpha value is -4.14. The molecular formula is C23H21N3O6. The summed E-state index contributed by atoms with van der Waals surface area (Å²) in [6.45, 7) is 1.74. The molecule has 0 spiro atoms. The monoisotopic (exact) mass is 435 g/mol. The first-order valence-corrected chi connectivity index (χ1v) is 10.0. The minimum absolute atomic E-state index is 0.0490. The molecule has 2 aromatic heterocycles. The average molecular weight is 435 g/mol. The number of ether oxygens (including phenoxy) is 2. The number of carbonyl (C=O) groups is 2. The van der Waals surface area contributed by atoms with Crippen LogP contribution in [-0.2, 0) is 16.1 Å². The number of amides is 1. The third-order valence-corrected chi connectivity index (χ3v) is 4.82. The molecule has 0 atom stereocenters. The van der Waals surface area contributed by atoms with Crippen LogP contribution in [0.25, 0.3) is 21.9 Å². The van der Waals surface area contributed by atoms with Gasteiger partial charge in [-0.05, 0) is 24.6 Å². The molecule has 0 radical (unpaired) electrons. The molecule has 9 nitrogen and oxygen atoms in total. The maximum atomic E-state index is 12.4. The number of benzene rings is 2. The zero-order chi connectivity index (χ0) is 22.7. The number of carbonyl (C=O) groups excluding carboxylic acids is 2. The van der Waals surface area contributed by atoms with Gasteiger partial charge in [-0.25, -0.2) is 9.48 Å². The molecule has 0 aliphatic heterocycles. The van der Waals surface area contributed by atoms with Gasteiger partial charge in [-0.2, -0.15) is 5.10 Å². The predicted octanol–water partition coefficient (Wildman–Crippen LogP) is 3.36. The van der Waals surface area contributed by atoms with Gasteiger partial charge in [-0.1, -0.05) is 25.1 Å². The van der Waals surface area contributed by atoms with Crippen LogP contribution in [0.2, 0.25) is 0 Å². The van der Waals surface area contributed by atoms with Gasteiger partial charge in [0.25, 0.3) is 11.5 Å². The van der Waals surface area contributed by atoms with Gasteiger partial charge >= 0.3 is 5.97 Å². The first-order chi connectivity index (χ1) is 15.5. The van der Waals surface area contributed by atoms with Gasteiger partial charge in [-0.15, -0.1) is 0 Å². The maximum Gasteiger partial charge on any atom is 0.359 e.